The van der Waals surface area contributed by atoms with Crippen LogP contribution >= 0.6 is 12.4 Å². The van der Waals surface area contributed by atoms with Crippen LogP contribution in [0.1, 0.15) is 28.8 Å². The molecule has 0 fully saturated rings. The Kier molecular flexibility index (Phi) is 13.0. The summed E-state index contributed by atoms with van der Waals surface area (Å²) >= 11 is 0. The van der Waals surface area contributed by atoms with E-state index in [1.54, 1.807) is 44.4 Å². The molecule has 0 saturated carbocycles. The molecule has 3 rings (SSSR count). The first-order valence-corrected chi connectivity index (χ1v) is 12.6. The Morgan fingerprint density at radius 1 is 0.800 bits per heavy atom. The van der Waals surface area contributed by atoms with E-state index in [4.69, 9.17) is 18.9 Å². The molecule has 0 saturated heterocycles. The number of amides is 1. The third kappa shape index (κ3) is 8.49. The van der Waals surface area contributed by atoms with Crippen LogP contribution in [-0.4, -0.2) is 58.9 Å². The number of nitrogens with one attached hydrogen (secondary N) is 1. The molecule has 1 amide bonds. The standard InChI is InChI=1S/C29H35N3O7.ClH/c1-36-25-14-8-21(19-27(25)38-3)7-5-16-30-17-6-18-31(24-13-15-26(37-2)28(20-24)39-4)29(33)22-9-11-23(12-10-22)32(34)35;/h8-15,19-20,30H,5-7,16-18H2,1-4H3;1H. The predicted molar refractivity (Wildman–Crippen MR) is 157 cm³/mol. The van der Waals surface area contributed by atoms with Gasteiger partial charge in [-0.15, -0.1) is 12.4 Å². The molecule has 0 aromatic heterocycles. The smallest absolute Gasteiger partial charge is 0.269 e. The number of anilines is 1. The second-order valence-corrected chi connectivity index (χ2v) is 8.70. The van der Waals surface area contributed by atoms with Gasteiger partial charge in [0, 0.05) is 36.0 Å². The summed E-state index contributed by atoms with van der Waals surface area (Å²) in [6.07, 6.45) is 2.53. The van der Waals surface area contributed by atoms with E-state index in [2.05, 4.69) is 5.32 Å². The first kappa shape index (κ1) is 32.2. The summed E-state index contributed by atoms with van der Waals surface area (Å²) in [6, 6.07) is 16.8. The molecule has 0 spiro atoms. The zero-order valence-electron chi connectivity index (χ0n) is 23.2. The van der Waals surface area contributed by atoms with Crippen molar-refractivity contribution in [2.75, 3.05) is 53.0 Å². The van der Waals surface area contributed by atoms with Crippen molar-refractivity contribution in [2.24, 2.45) is 0 Å². The number of ether oxygens (including phenoxy) is 4. The fraction of sp³-hybridized carbons (Fsp3) is 0.345. The van der Waals surface area contributed by atoms with Crippen molar-refractivity contribution in [3.05, 3.63) is 81.9 Å². The zero-order chi connectivity index (χ0) is 28.2. The van der Waals surface area contributed by atoms with Gasteiger partial charge < -0.3 is 29.2 Å². The number of hydrogen-bond donors (Lipinski definition) is 1. The van der Waals surface area contributed by atoms with Crippen molar-refractivity contribution in [3.63, 3.8) is 0 Å². The molecule has 0 unspecified atom stereocenters. The molecule has 3 aromatic rings. The molecule has 0 heterocycles. The van der Waals surface area contributed by atoms with Gasteiger partial charge in [0.15, 0.2) is 23.0 Å². The van der Waals surface area contributed by atoms with Crippen molar-refractivity contribution in [3.8, 4) is 23.0 Å². The Hall–Kier alpha value is -4.02. The molecule has 0 radical (unpaired) electrons. The van der Waals surface area contributed by atoms with Crippen molar-refractivity contribution < 1.29 is 28.7 Å². The molecule has 0 atom stereocenters. The fourth-order valence-corrected chi connectivity index (χ4v) is 4.16. The zero-order valence-corrected chi connectivity index (χ0v) is 24.0. The van der Waals surface area contributed by atoms with Crippen LogP contribution in [0.25, 0.3) is 0 Å². The third-order valence-electron chi connectivity index (χ3n) is 6.25. The second-order valence-electron chi connectivity index (χ2n) is 8.70. The number of carbonyl (C=O) groups is 1. The highest BCUT2D eigenvalue weighted by atomic mass is 35.5. The minimum absolute atomic E-state index is 0. The molecular formula is C29H36ClN3O7. The van der Waals surface area contributed by atoms with Crippen LogP contribution in [0.5, 0.6) is 23.0 Å². The Morgan fingerprint density at radius 2 is 1.38 bits per heavy atom. The molecule has 0 aliphatic heterocycles. The van der Waals surface area contributed by atoms with E-state index in [-0.39, 0.29) is 24.0 Å². The van der Waals surface area contributed by atoms with Gasteiger partial charge in [0.05, 0.1) is 33.4 Å². The van der Waals surface area contributed by atoms with Gasteiger partial charge >= 0.3 is 0 Å². The van der Waals surface area contributed by atoms with Gasteiger partial charge in [-0.25, -0.2) is 0 Å². The summed E-state index contributed by atoms with van der Waals surface area (Å²) in [6.45, 7) is 1.97. The number of nitrogens with zero attached hydrogens (tertiary/aromatic N) is 2. The van der Waals surface area contributed by atoms with E-state index < -0.39 is 4.92 Å². The third-order valence-corrected chi connectivity index (χ3v) is 6.25. The van der Waals surface area contributed by atoms with E-state index >= 15 is 0 Å². The normalized spacial score (nSPS) is 10.3. The number of hydrogen-bond acceptors (Lipinski definition) is 8. The lowest BCUT2D eigenvalue weighted by Crippen LogP contribution is -2.33. The number of nitro groups is 1. The lowest BCUT2D eigenvalue weighted by atomic mass is 10.1. The van der Waals surface area contributed by atoms with E-state index in [0.717, 1.165) is 25.1 Å². The van der Waals surface area contributed by atoms with Gasteiger partial charge in [0.1, 0.15) is 0 Å². The molecule has 10 nitrogen and oxygen atoms in total. The van der Waals surface area contributed by atoms with Gasteiger partial charge in [-0.3, -0.25) is 14.9 Å². The van der Waals surface area contributed by atoms with Crippen molar-refractivity contribution in [1.82, 2.24) is 5.32 Å². The first-order valence-electron chi connectivity index (χ1n) is 12.6. The molecule has 0 aliphatic rings. The summed E-state index contributed by atoms with van der Waals surface area (Å²) in [4.78, 5) is 25.6. The van der Waals surface area contributed by atoms with Crippen LogP contribution in [0.2, 0.25) is 0 Å². The number of methoxy groups -OCH3 is 4. The van der Waals surface area contributed by atoms with Gasteiger partial charge in [0.25, 0.3) is 11.6 Å². The van der Waals surface area contributed by atoms with Crippen LogP contribution in [0.15, 0.2) is 60.7 Å². The topological polar surface area (TPSA) is 112 Å². The van der Waals surface area contributed by atoms with Crippen LogP contribution in [0.4, 0.5) is 11.4 Å². The lowest BCUT2D eigenvalue weighted by Gasteiger charge is -2.24. The Labute approximate surface area is 240 Å². The molecule has 0 aliphatic carbocycles. The van der Waals surface area contributed by atoms with Crippen molar-refractivity contribution >= 4 is 29.7 Å². The molecule has 11 heteroatoms. The average Bonchev–Trinajstić information content (AvgIpc) is 2.97. The summed E-state index contributed by atoms with van der Waals surface area (Å²) in [7, 11) is 6.33. The Morgan fingerprint density at radius 3 is 1.98 bits per heavy atom. The number of non-ortho nitro benzene ring substituents is 1. The molecule has 1 N–H and O–H groups in total. The van der Waals surface area contributed by atoms with Crippen LogP contribution < -0.4 is 29.2 Å². The van der Waals surface area contributed by atoms with E-state index in [1.807, 2.05) is 18.2 Å². The minimum atomic E-state index is -0.489. The van der Waals surface area contributed by atoms with Gasteiger partial charge in [-0.2, -0.15) is 0 Å². The second kappa shape index (κ2) is 16.2. The van der Waals surface area contributed by atoms with Crippen LogP contribution in [0.3, 0.4) is 0 Å². The predicted octanol–water partition coefficient (Wildman–Crippen LogP) is 5.31. The van der Waals surface area contributed by atoms with Crippen molar-refractivity contribution in [2.45, 2.75) is 19.3 Å². The van der Waals surface area contributed by atoms with Gasteiger partial charge in [0.2, 0.25) is 0 Å². The number of benzene rings is 3. The van der Waals surface area contributed by atoms with E-state index in [9.17, 15) is 14.9 Å². The highest BCUT2D eigenvalue weighted by Gasteiger charge is 2.20. The van der Waals surface area contributed by atoms with Crippen LogP contribution in [0, 0.1) is 10.1 Å². The molecule has 40 heavy (non-hydrogen) atoms. The van der Waals surface area contributed by atoms with E-state index in [0.29, 0.717) is 48.0 Å². The molecule has 0 bridgehead atoms. The molecule has 3 aromatic carbocycles. The van der Waals surface area contributed by atoms with Gasteiger partial charge in [-0.1, -0.05) is 6.07 Å². The maximum atomic E-state index is 13.4. The highest BCUT2D eigenvalue weighted by Crippen LogP contribution is 2.32. The lowest BCUT2D eigenvalue weighted by molar-refractivity contribution is -0.384. The highest BCUT2D eigenvalue weighted by molar-refractivity contribution is 6.06. The quantitative estimate of drug-likeness (QED) is 0.148. The molecular weight excluding hydrogens is 538 g/mol. The maximum Gasteiger partial charge on any atom is 0.269 e. The summed E-state index contributed by atoms with van der Waals surface area (Å²) < 4.78 is 21.4. The minimum Gasteiger partial charge on any atom is -0.493 e. The van der Waals surface area contributed by atoms with Crippen LogP contribution in [-0.2, 0) is 6.42 Å². The number of halogens is 1. The number of carbonyl (C=O) groups excluding carboxylic acids is 1. The van der Waals surface area contributed by atoms with Crippen molar-refractivity contribution in [1.29, 1.82) is 0 Å². The largest absolute Gasteiger partial charge is 0.493 e. The fourth-order valence-electron chi connectivity index (χ4n) is 4.16. The number of aryl methyl sites for hydroxylation is 1. The molecule has 216 valence electrons. The first-order chi connectivity index (χ1) is 18.9. The Balaban J connectivity index is 0.00000560. The number of rotatable bonds is 15. The van der Waals surface area contributed by atoms with Gasteiger partial charge in [-0.05, 0) is 74.3 Å². The summed E-state index contributed by atoms with van der Waals surface area (Å²) in [5.74, 6) is 2.23. The summed E-state index contributed by atoms with van der Waals surface area (Å²) in [5.41, 5.74) is 2.10. The monoisotopic (exact) mass is 573 g/mol. The summed E-state index contributed by atoms with van der Waals surface area (Å²) in [5, 5.41) is 14.5. The van der Waals surface area contributed by atoms with E-state index in [1.165, 1.54) is 36.9 Å². The SMILES string of the molecule is COc1ccc(CCCNCCCN(C(=O)c2ccc([N+](=O)[O-])cc2)c2ccc(OC)c(OC)c2)cc1OC.Cl. The average molecular weight is 574 g/mol. The number of nitro benzene ring substituents is 1. The maximum absolute atomic E-state index is 13.4. The Bertz CT molecular complexity index is 1250.